The minimum absolute atomic E-state index is 0.287. The van der Waals surface area contributed by atoms with Gasteiger partial charge in [-0.2, -0.15) is 0 Å². The van der Waals surface area contributed by atoms with E-state index in [1.54, 1.807) is 0 Å². The molecule has 0 aliphatic heterocycles. The average Bonchev–Trinajstić information content (AvgIpc) is 2.93. The number of hydrogen-bond donors (Lipinski definition) is 2. The van der Waals surface area contributed by atoms with E-state index >= 15 is 0 Å². The summed E-state index contributed by atoms with van der Waals surface area (Å²) in [7, 11) is 0. The summed E-state index contributed by atoms with van der Waals surface area (Å²) in [6.07, 6.45) is 8.30. The zero-order valence-electron chi connectivity index (χ0n) is 9.39. The van der Waals surface area contributed by atoms with Crippen molar-refractivity contribution in [1.82, 2.24) is 5.32 Å². The fourth-order valence-electron chi connectivity index (χ4n) is 2.82. The molecule has 0 bridgehead atoms. The first-order chi connectivity index (χ1) is 6.77. The van der Waals surface area contributed by atoms with E-state index in [1.807, 2.05) is 0 Å². The zero-order valence-corrected chi connectivity index (χ0v) is 9.39. The van der Waals surface area contributed by atoms with Crippen molar-refractivity contribution in [2.75, 3.05) is 13.1 Å². The van der Waals surface area contributed by atoms with Crippen LogP contribution >= 0.6 is 0 Å². The molecular formula is C12H24N2. The molecule has 2 atom stereocenters. The van der Waals surface area contributed by atoms with Crippen LogP contribution in [0.4, 0.5) is 0 Å². The van der Waals surface area contributed by atoms with E-state index < -0.39 is 0 Å². The Balaban J connectivity index is 1.78. The van der Waals surface area contributed by atoms with Crippen molar-refractivity contribution >= 4 is 0 Å². The van der Waals surface area contributed by atoms with E-state index in [0.717, 1.165) is 18.4 Å². The van der Waals surface area contributed by atoms with Crippen LogP contribution in [0.15, 0.2) is 0 Å². The Bertz CT molecular complexity index is 189. The lowest BCUT2D eigenvalue weighted by Gasteiger charge is -2.34. The zero-order chi connectivity index (χ0) is 10.0. The third kappa shape index (κ3) is 2.12. The molecule has 2 unspecified atom stereocenters. The van der Waals surface area contributed by atoms with Gasteiger partial charge in [-0.1, -0.05) is 26.2 Å². The molecule has 0 saturated heterocycles. The molecule has 0 aromatic heterocycles. The van der Waals surface area contributed by atoms with E-state index in [0.29, 0.717) is 0 Å². The highest BCUT2D eigenvalue weighted by Gasteiger charge is 2.38. The summed E-state index contributed by atoms with van der Waals surface area (Å²) in [6, 6.07) is 0. The highest BCUT2D eigenvalue weighted by Crippen LogP contribution is 2.36. The predicted octanol–water partition coefficient (Wildman–Crippen LogP) is 1.89. The monoisotopic (exact) mass is 196 g/mol. The molecule has 0 amide bonds. The first-order valence-corrected chi connectivity index (χ1v) is 6.22. The van der Waals surface area contributed by atoms with Gasteiger partial charge >= 0.3 is 0 Å². The van der Waals surface area contributed by atoms with Crippen LogP contribution in [-0.2, 0) is 0 Å². The summed E-state index contributed by atoms with van der Waals surface area (Å²) in [4.78, 5) is 0. The molecule has 2 fully saturated rings. The standard InChI is InChI=1S/C12H24N2/c1-10-3-2-7-12(10,9-13)14-8-6-11-4-5-11/h10-11,14H,2-9,13H2,1H3. The lowest BCUT2D eigenvalue weighted by Crippen LogP contribution is -2.53. The van der Waals surface area contributed by atoms with Crippen molar-refractivity contribution in [2.45, 2.75) is 51.0 Å². The van der Waals surface area contributed by atoms with Gasteiger partial charge in [0.05, 0.1) is 0 Å². The van der Waals surface area contributed by atoms with Gasteiger partial charge in [-0.25, -0.2) is 0 Å². The van der Waals surface area contributed by atoms with Crippen LogP contribution in [-0.4, -0.2) is 18.6 Å². The lowest BCUT2D eigenvalue weighted by atomic mass is 9.88. The molecule has 0 radical (unpaired) electrons. The van der Waals surface area contributed by atoms with Gasteiger partial charge in [0, 0.05) is 12.1 Å². The van der Waals surface area contributed by atoms with E-state index in [-0.39, 0.29) is 5.54 Å². The maximum Gasteiger partial charge on any atom is 0.0329 e. The topological polar surface area (TPSA) is 38.0 Å². The van der Waals surface area contributed by atoms with Crippen molar-refractivity contribution in [1.29, 1.82) is 0 Å². The molecule has 0 aromatic carbocycles. The average molecular weight is 196 g/mol. The Hall–Kier alpha value is -0.0800. The van der Waals surface area contributed by atoms with Gasteiger partial charge in [0.2, 0.25) is 0 Å². The van der Waals surface area contributed by atoms with Crippen molar-refractivity contribution in [3.63, 3.8) is 0 Å². The summed E-state index contributed by atoms with van der Waals surface area (Å²) >= 11 is 0. The fraction of sp³-hybridized carbons (Fsp3) is 1.00. The van der Waals surface area contributed by atoms with Crippen molar-refractivity contribution in [2.24, 2.45) is 17.6 Å². The Morgan fingerprint density at radius 1 is 1.36 bits per heavy atom. The Labute approximate surface area is 87.6 Å². The highest BCUT2D eigenvalue weighted by atomic mass is 15.0. The molecular weight excluding hydrogens is 172 g/mol. The second-order valence-electron chi connectivity index (χ2n) is 5.31. The van der Waals surface area contributed by atoms with E-state index in [1.165, 1.54) is 45.1 Å². The van der Waals surface area contributed by atoms with Crippen LogP contribution < -0.4 is 11.1 Å². The minimum atomic E-state index is 0.287. The number of rotatable bonds is 5. The second kappa shape index (κ2) is 4.19. The summed E-state index contributed by atoms with van der Waals surface area (Å²) in [5.74, 6) is 1.81. The van der Waals surface area contributed by atoms with E-state index in [4.69, 9.17) is 5.73 Å². The SMILES string of the molecule is CC1CCCC1(CN)NCCC1CC1. The van der Waals surface area contributed by atoms with E-state index in [9.17, 15) is 0 Å². The summed E-state index contributed by atoms with van der Waals surface area (Å²) in [5.41, 5.74) is 6.22. The lowest BCUT2D eigenvalue weighted by molar-refractivity contribution is 0.264. The van der Waals surface area contributed by atoms with Gasteiger partial charge in [0.25, 0.3) is 0 Å². The molecule has 2 nitrogen and oxygen atoms in total. The van der Waals surface area contributed by atoms with Crippen molar-refractivity contribution in [3.8, 4) is 0 Å². The molecule has 2 aliphatic rings. The number of hydrogen-bond acceptors (Lipinski definition) is 2. The Morgan fingerprint density at radius 2 is 2.14 bits per heavy atom. The maximum absolute atomic E-state index is 5.93. The molecule has 2 saturated carbocycles. The molecule has 82 valence electrons. The third-order valence-corrected chi connectivity index (χ3v) is 4.29. The van der Waals surface area contributed by atoms with Crippen molar-refractivity contribution in [3.05, 3.63) is 0 Å². The molecule has 0 spiro atoms. The molecule has 14 heavy (non-hydrogen) atoms. The molecule has 0 aromatic rings. The molecule has 0 heterocycles. The molecule has 3 N–H and O–H groups in total. The first kappa shape index (κ1) is 10.4. The quantitative estimate of drug-likeness (QED) is 0.705. The summed E-state index contributed by atoms with van der Waals surface area (Å²) in [6.45, 7) is 4.36. The van der Waals surface area contributed by atoms with Crippen LogP contribution in [0.25, 0.3) is 0 Å². The highest BCUT2D eigenvalue weighted by molar-refractivity contribution is 4.98. The number of nitrogens with two attached hydrogens (primary N) is 1. The Morgan fingerprint density at radius 3 is 2.64 bits per heavy atom. The van der Waals surface area contributed by atoms with Gasteiger partial charge < -0.3 is 11.1 Å². The normalized spacial score (nSPS) is 37.7. The fourth-order valence-corrected chi connectivity index (χ4v) is 2.82. The molecule has 2 heteroatoms. The van der Waals surface area contributed by atoms with Gasteiger partial charge in [0.1, 0.15) is 0 Å². The molecule has 2 rings (SSSR count). The predicted molar refractivity (Wildman–Crippen MR) is 60.1 cm³/mol. The number of nitrogens with one attached hydrogen (secondary N) is 1. The second-order valence-corrected chi connectivity index (χ2v) is 5.31. The van der Waals surface area contributed by atoms with Crippen LogP contribution in [0.1, 0.15) is 45.4 Å². The van der Waals surface area contributed by atoms with Gasteiger partial charge in [0.15, 0.2) is 0 Å². The minimum Gasteiger partial charge on any atom is -0.329 e. The van der Waals surface area contributed by atoms with Crippen LogP contribution in [0, 0.1) is 11.8 Å². The maximum atomic E-state index is 5.93. The smallest absolute Gasteiger partial charge is 0.0329 e. The molecule has 2 aliphatic carbocycles. The van der Waals surface area contributed by atoms with E-state index in [2.05, 4.69) is 12.2 Å². The summed E-state index contributed by atoms with van der Waals surface area (Å²) < 4.78 is 0. The summed E-state index contributed by atoms with van der Waals surface area (Å²) in [5, 5.41) is 3.74. The van der Waals surface area contributed by atoms with Crippen LogP contribution in [0.5, 0.6) is 0 Å². The third-order valence-electron chi connectivity index (χ3n) is 4.29. The largest absolute Gasteiger partial charge is 0.329 e. The van der Waals surface area contributed by atoms with Gasteiger partial charge in [-0.15, -0.1) is 0 Å². The first-order valence-electron chi connectivity index (χ1n) is 6.22. The van der Waals surface area contributed by atoms with Gasteiger partial charge in [-0.05, 0) is 37.6 Å². The Kier molecular flexibility index (Phi) is 3.13. The van der Waals surface area contributed by atoms with Crippen LogP contribution in [0.2, 0.25) is 0 Å². The van der Waals surface area contributed by atoms with Crippen LogP contribution in [0.3, 0.4) is 0 Å². The van der Waals surface area contributed by atoms with Gasteiger partial charge in [-0.3, -0.25) is 0 Å². The van der Waals surface area contributed by atoms with Crippen molar-refractivity contribution < 1.29 is 0 Å².